The molecule has 36 heavy (non-hydrogen) atoms. The fourth-order valence-corrected chi connectivity index (χ4v) is 4.38. The predicted molar refractivity (Wildman–Crippen MR) is 134 cm³/mol. The third-order valence-electron chi connectivity index (χ3n) is 6.34. The molecule has 0 aliphatic carbocycles. The maximum atomic E-state index is 10.5. The molecule has 1 aliphatic rings. The first-order valence-electron chi connectivity index (χ1n) is 11.1. The minimum absolute atomic E-state index is 0.206. The van der Waals surface area contributed by atoms with Gasteiger partial charge in [-0.3, -0.25) is 0 Å². The molecule has 0 radical (unpaired) electrons. The molecule has 7 nitrogen and oxygen atoms in total. The van der Waals surface area contributed by atoms with Gasteiger partial charge in [0.15, 0.2) is 11.3 Å². The molecule has 1 aliphatic heterocycles. The van der Waals surface area contributed by atoms with Crippen molar-refractivity contribution in [2.75, 3.05) is 7.11 Å². The topological polar surface area (TPSA) is 129 Å². The lowest BCUT2D eigenvalue weighted by Crippen LogP contribution is -2.53. The molecule has 0 saturated carbocycles. The molecular weight excluding hydrogens is 448 g/mol. The molecule has 0 saturated heterocycles. The lowest BCUT2D eigenvalue weighted by Gasteiger charge is -2.41. The SMILES string of the molecule is COc1ccc(N=C2N=C(c3ccccc3)C(c3ccc(C)cc3)C(C#N)(C#N)C2(C#N)C#N)cc1. The van der Waals surface area contributed by atoms with E-state index in [0.717, 1.165) is 5.56 Å². The maximum absolute atomic E-state index is 10.5. The second-order valence-electron chi connectivity index (χ2n) is 8.35. The zero-order valence-electron chi connectivity index (χ0n) is 19.7. The molecule has 1 heterocycles. The summed E-state index contributed by atoms with van der Waals surface area (Å²) in [4.78, 5) is 9.27. The van der Waals surface area contributed by atoms with Gasteiger partial charge in [-0.2, -0.15) is 21.0 Å². The van der Waals surface area contributed by atoms with Crippen LogP contribution in [0.1, 0.15) is 22.6 Å². The van der Waals surface area contributed by atoms with Crippen LogP contribution in [0.2, 0.25) is 0 Å². The summed E-state index contributed by atoms with van der Waals surface area (Å²) in [7, 11) is 1.54. The van der Waals surface area contributed by atoms with Crippen molar-refractivity contribution in [2.45, 2.75) is 12.8 Å². The number of nitrogens with zero attached hydrogens (tertiary/aromatic N) is 6. The molecule has 0 N–H and O–H groups in total. The Kier molecular flexibility index (Phi) is 6.34. The summed E-state index contributed by atoms with van der Waals surface area (Å²) in [6.45, 7) is 1.92. The van der Waals surface area contributed by atoms with Crippen LogP contribution in [0.5, 0.6) is 5.75 Å². The van der Waals surface area contributed by atoms with E-state index in [1.54, 1.807) is 36.4 Å². The molecule has 0 spiro atoms. The number of amidine groups is 1. The van der Waals surface area contributed by atoms with Gasteiger partial charge in [0.25, 0.3) is 0 Å². The lowest BCUT2D eigenvalue weighted by atomic mass is 9.54. The van der Waals surface area contributed by atoms with E-state index >= 15 is 0 Å². The third-order valence-corrected chi connectivity index (χ3v) is 6.34. The Morgan fingerprint density at radius 3 is 1.94 bits per heavy atom. The van der Waals surface area contributed by atoms with Crippen LogP contribution < -0.4 is 4.74 Å². The molecule has 3 aromatic carbocycles. The minimum Gasteiger partial charge on any atom is -0.497 e. The van der Waals surface area contributed by atoms with Gasteiger partial charge in [0.1, 0.15) is 5.75 Å². The zero-order valence-corrected chi connectivity index (χ0v) is 19.7. The predicted octanol–water partition coefficient (Wildman–Crippen LogP) is 5.39. The van der Waals surface area contributed by atoms with E-state index in [-0.39, 0.29) is 5.84 Å². The van der Waals surface area contributed by atoms with Crippen molar-refractivity contribution >= 4 is 17.2 Å². The van der Waals surface area contributed by atoms with Crippen molar-refractivity contribution in [3.05, 3.63) is 95.6 Å². The average molecular weight is 469 g/mol. The number of aryl methyl sites for hydroxylation is 1. The highest BCUT2D eigenvalue weighted by Gasteiger charge is 2.66. The second-order valence-corrected chi connectivity index (χ2v) is 8.35. The van der Waals surface area contributed by atoms with Crippen molar-refractivity contribution < 1.29 is 4.74 Å². The first kappa shape index (κ1) is 23.9. The highest BCUT2D eigenvalue weighted by Crippen LogP contribution is 2.54. The molecule has 4 rings (SSSR count). The van der Waals surface area contributed by atoms with Crippen LogP contribution in [-0.4, -0.2) is 18.7 Å². The molecule has 0 fully saturated rings. The highest BCUT2D eigenvalue weighted by atomic mass is 16.5. The summed E-state index contributed by atoms with van der Waals surface area (Å²) in [5.74, 6) is -0.585. The number of hydrogen-bond donors (Lipinski definition) is 0. The van der Waals surface area contributed by atoms with E-state index in [1.165, 1.54) is 7.11 Å². The molecular formula is C29H20N6O. The summed E-state index contributed by atoms with van der Waals surface area (Å²) in [6, 6.07) is 31.2. The van der Waals surface area contributed by atoms with Gasteiger partial charge in [-0.05, 0) is 42.3 Å². The Morgan fingerprint density at radius 1 is 0.806 bits per heavy atom. The van der Waals surface area contributed by atoms with E-state index in [2.05, 4.69) is 17.1 Å². The number of methoxy groups -OCH3 is 1. The molecule has 3 aromatic rings. The third kappa shape index (κ3) is 3.67. The Morgan fingerprint density at radius 2 is 1.42 bits per heavy atom. The van der Waals surface area contributed by atoms with Gasteiger partial charge in [-0.15, -0.1) is 0 Å². The number of nitriles is 4. The van der Waals surface area contributed by atoms with Gasteiger partial charge in [0, 0.05) is 0 Å². The van der Waals surface area contributed by atoms with Crippen LogP contribution in [0, 0.1) is 63.1 Å². The number of hydrogen-bond acceptors (Lipinski definition) is 6. The maximum Gasteiger partial charge on any atom is 0.235 e. The first-order chi connectivity index (χ1) is 17.5. The van der Waals surface area contributed by atoms with E-state index in [1.807, 2.05) is 61.5 Å². The summed E-state index contributed by atoms with van der Waals surface area (Å²) in [5.41, 5.74) is -1.37. The number of ether oxygens (including phenoxy) is 1. The van der Waals surface area contributed by atoms with E-state index in [9.17, 15) is 21.0 Å². The van der Waals surface area contributed by atoms with E-state index in [0.29, 0.717) is 28.3 Å². The standard InChI is InChI=1S/C29H20N6O/c1-20-8-10-21(11-9-20)25-26(22-6-4-3-5-7-22)35-27(34-23-12-14-24(36-2)15-13-23)29(18-32,19-33)28(25,16-30)17-31/h3-15,25H,1-2H3. The van der Waals surface area contributed by atoms with Crippen molar-refractivity contribution in [2.24, 2.45) is 20.8 Å². The van der Waals surface area contributed by atoms with Crippen LogP contribution >= 0.6 is 0 Å². The van der Waals surface area contributed by atoms with Crippen molar-refractivity contribution in [1.29, 1.82) is 21.0 Å². The quantitative estimate of drug-likeness (QED) is 0.507. The molecule has 0 amide bonds. The molecule has 7 heteroatoms. The van der Waals surface area contributed by atoms with E-state index in [4.69, 9.17) is 9.73 Å². The summed E-state index contributed by atoms with van der Waals surface area (Å²) in [5, 5.41) is 41.9. The van der Waals surface area contributed by atoms with Crippen LogP contribution in [0.4, 0.5) is 5.69 Å². The fraction of sp³-hybridized carbons (Fsp3) is 0.172. The zero-order chi connectivity index (χ0) is 25.8. The largest absolute Gasteiger partial charge is 0.497 e. The Hall–Kier alpha value is -5.24. The smallest absolute Gasteiger partial charge is 0.235 e. The van der Waals surface area contributed by atoms with Gasteiger partial charge < -0.3 is 4.74 Å². The Bertz CT molecular complexity index is 1480. The first-order valence-corrected chi connectivity index (χ1v) is 11.1. The Labute approximate surface area is 209 Å². The average Bonchev–Trinajstić information content (AvgIpc) is 2.94. The minimum atomic E-state index is -2.26. The van der Waals surface area contributed by atoms with Crippen LogP contribution in [0.15, 0.2) is 88.8 Å². The Balaban J connectivity index is 2.11. The van der Waals surface area contributed by atoms with Crippen molar-refractivity contribution in [3.8, 4) is 30.0 Å². The highest BCUT2D eigenvalue weighted by molar-refractivity contribution is 6.17. The van der Waals surface area contributed by atoms with Crippen LogP contribution in [0.3, 0.4) is 0 Å². The van der Waals surface area contributed by atoms with Crippen molar-refractivity contribution in [1.82, 2.24) is 0 Å². The summed E-state index contributed by atoms with van der Waals surface area (Å²) in [6.07, 6.45) is 0. The van der Waals surface area contributed by atoms with Gasteiger partial charge in [-0.1, -0.05) is 60.2 Å². The van der Waals surface area contributed by atoms with Gasteiger partial charge in [-0.25, -0.2) is 9.98 Å². The van der Waals surface area contributed by atoms with Gasteiger partial charge in [0.2, 0.25) is 5.41 Å². The van der Waals surface area contributed by atoms with E-state index < -0.39 is 16.7 Å². The van der Waals surface area contributed by atoms with Gasteiger partial charge >= 0.3 is 0 Å². The molecule has 1 atom stereocenters. The molecule has 172 valence electrons. The summed E-state index contributed by atoms with van der Waals surface area (Å²) < 4.78 is 5.19. The van der Waals surface area contributed by atoms with Gasteiger partial charge in [0.05, 0.1) is 48.7 Å². The molecule has 1 unspecified atom stereocenters. The number of benzene rings is 3. The number of aliphatic imine (C=N–C) groups is 2. The monoisotopic (exact) mass is 468 g/mol. The molecule has 0 aromatic heterocycles. The van der Waals surface area contributed by atoms with Crippen molar-refractivity contribution in [3.63, 3.8) is 0 Å². The fourth-order valence-electron chi connectivity index (χ4n) is 4.38. The second kappa shape index (κ2) is 9.55. The number of rotatable bonds is 4. The normalized spacial score (nSPS) is 18.6. The molecule has 0 bridgehead atoms. The lowest BCUT2D eigenvalue weighted by molar-refractivity contribution is 0.355. The summed E-state index contributed by atoms with van der Waals surface area (Å²) >= 11 is 0. The van der Waals surface area contributed by atoms with Crippen LogP contribution in [0.25, 0.3) is 0 Å². The van der Waals surface area contributed by atoms with Crippen LogP contribution in [-0.2, 0) is 0 Å².